The third-order valence-electron chi connectivity index (χ3n) is 9.76. The number of carbonyl (C=O) groups excluding carboxylic acids is 2. The van der Waals surface area contributed by atoms with Crippen molar-refractivity contribution in [3.8, 4) is 0 Å². The summed E-state index contributed by atoms with van der Waals surface area (Å²) in [6.45, 7) is 14.9. The molecule has 0 aromatic heterocycles. The fourth-order valence-corrected chi connectivity index (χ4v) is 8.16. The normalized spacial score (nSPS) is 43.5. The summed E-state index contributed by atoms with van der Waals surface area (Å²) < 4.78 is 32.7. The largest absolute Gasteiger partial charge is 0.454 e. The van der Waals surface area contributed by atoms with E-state index in [4.69, 9.17) is 23.4 Å². The lowest BCUT2D eigenvalue weighted by Gasteiger charge is -2.55. The Morgan fingerprint density at radius 3 is 2.47 bits per heavy atom. The number of fused-ring (bicyclic) bond motifs is 1. The molecule has 3 aliphatic heterocycles. The molecule has 6 bridgehead atoms. The van der Waals surface area contributed by atoms with Crippen molar-refractivity contribution in [1.29, 1.82) is 0 Å². The van der Waals surface area contributed by atoms with Crippen molar-refractivity contribution in [1.82, 2.24) is 0 Å². The van der Waals surface area contributed by atoms with Crippen molar-refractivity contribution in [3.63, 3.8) is 0 Å². The summed E-state index contributed by atoms with van der Waals surface area (Å²) >= 11 is 0. The fraction of sp³-hybridized carbons (Fsp3) is 0.643. The molecule has 1 saturated carbocycles. The number of ketones is 1. The second-order valence-corrected chi connectivity index (χ2v) is 17.6. The molecule has 3 heterocycles. The van der Waals surface area contributed by atoms with Gasteiger partial charge in [0.15, 0.2) is 25.8 Å². The molecule has 2 aliphatic carbocycles. The van der Waals surface area contributed by atoms with E-state index in [1.165, 1.54) is 0 Å². The van der Waals surface area contributed by atoms with Crippen LogP contribution < -0.4 is 0 Å². The Kier molecular flexibility index (Phi) is 5.02. The minimum atomic E-state index is -2.39. The zero-order chi connectivity index (χ0) is 25.9. The average molecular weight is 513 g/mol. The summed E-state index contributed by atoms with van der Waals surface area (Å²) in [7, 11) is -2.39. The molecule has 1 aromatic carbocycles. The molecule has 8 atom stereocenters. The van der Waals surface area contributed by atoms with E-state index in [0.717, 1.165) is 11.1 Å². The van der Waals surface area contributed by atoms with Crippen molar-refractivity contribution in [2.75, 3.05) is 6.61 Å². The number of Topliss-reactive ketones (excluding diaryl/α,β-unsaturated/α-hetero) is 1. The Morgan fingerprint density at radius 2 is 1.81 bits per heavy atom. The summed E-state index contributed by atoms with van der Waals surface area (Å²) in [6.07, 6.45) is -0.501. The summed E-state index contributed by atoms with van der Waals surface area (Å²) in [5.74, 6) is -0.979. The van der Waals surface area contributed by atoms with Crippen molar-refractivity contribution < 1.29 is 33.0 Å². The number of benzene rings is 1. The van der Waals surface area contributed by atoms with Gasteiger partial charge in [-0.2, -0.15) is 0 Å². The molecular weight excluding hydrogens is 476 g/mol. The lowest BCUT2D eigenvalue weighted by Crippen LogP contribution is -2.72. The Labute approximate surface area is 213 Å². The second kappa shape index (κ2) is 7.38. The monoisotopic (exact) mass is 512 g/mol. The van der Waals surface area contributed by atoms with Gasteiger partial charge in [0.05, 0.1) is 12.2 Å². The third kappa shape index (κ3) is 2.82. The van der Waals surface area contributed by atoms with E-state index in [1.54, 1.807) is 0 Å². The van der Waals surface area contributed by atoms with Crippen molar-refractivity contribution in [2.24, 2.45) is 11.3 Å². The molecule has 4 fully saturated rings. The SMILES string of the molecule is CC1=C[C@@H]2OC(=O)[C@@]3(C(=O)C[C@@H]4[C@H]5O[C@H](c6ccccc6)OC[C@]4(C)O[C@]153)[C@@H]2O[Si](C)(C)C(C)(C)C. The fourth-order valence-electron chi connectivity index (χ4n) is 6.86. The van der Waals surface area contributed by atoms with E-state index in [-0.39, 0.29) is 29.8 Å². The first-order valence-corrected chi connectivity index (χ1v) is 15.8. The van der Waals surface area contributed by atoms with Gasteiger partial charge in [-0.15, -0.1) is 0 Å². The predicted octanol–water partition coefficient (Wildman–Crippen LogP) is 4.48. The van der Waals surface area contributed by atoms with Gasteiger partial charge in [0.1, 0.15) is 23.9 Å². The molecule has 36 heavy (non-hydrogen) atoms. The molecule has 0 amide bonds. The summed E-state index contributed by atoms with van der Waals surface area (Å²) in [5, 5.41) is -0.117. The second-order valence-electron chi connectivity index (χ2n) is 12.8. The Morgan fingerprint density at radius 1 is 1.11 bits per heavy atom. The number of carbonyl (C=O) groups is 2. The molecule has 7 nitrogen and oxygen atoms in total. The standard InChI is InChI=1S/C28H36O7Si/c1-16-13-19-22(34-36(6,7)25(2,3)4)27(24(30)32-19)20(29)14-18-21-28(16,27)35-26(18,5)15-31-23(33-21)17-11-9-8-10-12-17/h8-13,18-19,21-23H,14-15H2,1-7H3/t18-,19+,21-,22-,23-,26+,27-,28-/m1/s1. The van der Waals surface area contributed by atoms with Gasteiger partial charge in [0, 0.05) is 17.9 Å². The van der Waals surface area contributed by atoms with Crippen LogP contribution in [0, 0.1) is 11.3 Å². The molecule has 5 aliphatic rings. The molecule has 1 aromatic rings. The number of rotatable bonds is 3. The van der Waals surface area contributed by atoms with E-state index in [9.17, 15) is 9.59 Å². The Bertz CT molecular complexity index is 1160. The highest BCUT2D eigenvalue weighted by atomic mass is 28.4. The van der Waals surface area contributed by atoms with E-state index in [1.807, 2.05) is 50.3 Å². The molecule has 6 rings (SSSR count). The molecule has 8 heteroatoms. The first kappa shape index (κ1) is 24.5. The highest BCUT2D eigenvalue weighted by molar-refractivity contribution is 6.74. The molecule has 3 saturated heterocycles. The van der Waals surface area contributed by atoms with Crippen molar-refractivity contribution in [2.45, 2.75) is 95.0 Å². The van der Waals surface area contributed by atoms with Gasteiger partial charge in [-0.1, -0.05) is 51.1 Å². The topological polar surface area (TPSA) is 80.3 Å². The molecule has 0 radical (unpaired) electrons. The maximum absolute atomic E-state index is 14.2. The van der Waals surface area contributed by atoms with Crippen LogP contribution in [0.4, 0.5) is 0 Å². The number of hydrogen-bond donors (Lipinski definition) is 0. The number of hydrogen-bond acceptors (Lipinski definition) is 7. The van der Waals surface area contributed by atoms with E-state index in [2.05, 4.69) is 33.9 Å². The van der Waals surface area contributed by atoms with E-state index < -0.39 is 55.5 Å². The van der Waals surface area contributed by atoms with Gasteiger partial charge >= 0.3 is 5.97 Å². The maximum Gasteiger partial charge on any atom is 0.326 e. The van der Waals surface area contributed by atoms with Gasteiger partial charge in [-0.05, 0) is 43.6 Å². The number of esters is 1. The molecule has 0 N–H and O–H groups in total. The van der Waals surface area contributed by atoms with E-state index >= 15 is 0 Å². The minimum Gasteiger partial charge on any atom is -0.454 e. The zero-order valence-electron chi connectivity index (χ0n) is 22.1. The highest BCUT2D eigenvalue weighted by Crippen LogP contribution is 2.69. The molecule has 0 unspecified atom stereocenters. The van der Waals surface area contributed by atoms with Crippen molar-refractivity contribution >= 4 is 20.1 Å². The van der Waals surface area contributed by atoms with Gasteiger partial charge in [-0.3, -0.25) is 9.59 Å². The molecule has 194 valence electrons. The first-order valence-electron chi connectivity index (χ1n) is 12.9. The lowest BCUT2D eigenvalue weighted by molar-refractivity contribution is -0.268. The van der Waals surface area contributed by atoms with Crippen LogP contribution >= 0.6 is 0 Å². The summed E-state index contributed by atoms with van der Waals surface area (Å²) in [6, 6.07) is 9.77. The van der Waals surface area contributed by atoms with Gasteiger partial charge in [-0.25, -0.2) is 0 Å². The zero-order valence-corrected chi connectivity index (χ0v) is 23.1. The molecular formula is C28H36O7Si. The number of ether oxygens (including phenoxy) is 4. The van der Waals surface area contributed by atoms with E-state index in [0.29, 0.717) is 0 Å². The van der Waals surface area contributed by atoms with Crippen LogP contribution in [0.25, 0.3) is 0 Å². The van der Waals surface area contributed by atoms with Crippen LogP contribution in [0.1, 0.15) is 52.9 Å². The maximum atomic E-state index is 14.2. The van der Waals surface area contributed by atoms with Crippen LogP contribution in [0.15, 0.2) is 42.0 Å². The van der Waals surface area contributed by atoms with Crippen LogP contribution in [0.5, 0.6) is 0 Å². The van der Waals surface area contributed by atoms with Crippen LogP contribution in [-0.4, -0.2) is 56.2 Å². The smallest absolute Gasteiger partial charge is 0.326 e. The van der Waals surface area contributed by atoms with Crippen LogP contribution in [0.3, 0.4) is 0 Å². The van der Waals surface area contributed by atoms with Gasteiger partial charge < -0.3 is 23.4 Å². The van der Waals surface area contributed by atoms with Gasteiger partial charge in [0.2, 0.25) is 0 Å². The minimum absolute atomic E-state index is 0.117. The third-order valence-corrected chi connectivity index (χ3v) is 14.2. The molecule has 2 spiro atoms. The summed E-state index contributed by atoms with van der Waals surface area (Å²) in [5.41, 5.74) is -2.03. The van der Waals surface area contributed by atoms with Gasteiger partial charge in [0.25, 0.3) is 0 Å². The van der Waals surface area contributed by atoms with Crippen LogP contribution in [0.2, 0.25) is 18.1 Å². The Balaban J connectivity index is 1.53. The quantitative estimate of drug-likeness (QED) is 0.256. The lowest BCUT2D eigenvalue weighted by atomic mass is 9.52. The average Bonchev–Trinajstić information content (AvgIpc) is 3.02. The van der Waals surface area contributed by atoms with Crippen molar-refractivity contribution in [3.05, 3.63) is 47.5 Å². The van der Waals surface area contributed by atoms with Crippen LogP contribution in [-0.2, 0) is 33.0 Å². The summed E-state index contributed by atoms with van der Waals surface area (Å²) in [4.78, 5) is 28.2. The Hall–Kier alpha value is -1.84. The highest BCUT2D eigenvalue weighted by Gasteiger charge is 2.86. The predicted molar refractivity (Wildman–Crippen MR) is 133 cm³/mol. The first-order chi connectivity index (χ1) is 16.8.